The smallest absolute Gasteiger partial charge is 0.0359 e. The Labute approximate surface area is 110 Å². The first-order chi connectivity index (χ1) is 8.62. The van der Waals surface area contributed by atoms with Gasteiger partial charge in [0.05, 0.1) is 0 Å². The minimum absolute atomic E-state index is 0.253. The van der Waals surface area contributed by atoms with Gasteiger partial charge in [0, 0.05) is 12.1 Å². The van der Waals surface area contributed by atoms with Gasteiger partial charge < -0.3 is 10.6 Å². The molecule has 1 heterocycles. The second kappa shape index (κ2) is 4.36. The van der Waals surface area contributed by atoms with Crippen molar-refractivity contribution in [1.29, 1.82) is 0 Å². The van der Waals surface area contributed by atoms with Crippen molar-refractivity contribution in [1.82, 2.24) is 4.90 Å². The van der Waals surface area contributed by atoms with Gasteiger partial charge in [-0.25, -0.2) is 0 Å². The number of likely N-dealkylation sites (tertiary alicyclic amines) is 1. The zero-order chi connectivity index (χ0) is 12.8. The van der Waals surface area contributed by atoms with Crippen LogP contribution in [0, 0.1) is 5.41 Å². The lowest BCUT2D eigenvalue weighted by Crippen LogP contribution is -2.46. The topological polar surface area (TPSA) is 29.3 Å². The fraction of sp³-hybridized carbons (Fsp3) is 0.625. The SMILES string of the molecule is CC(C)N1CCC2(CC1)Cc1ccccc1C2N. The molecule has 0 bridgehead atoms. The number of fused-ring (bicyclic) bond motifs is 1. The molecule has 1 fully saturated rings. The monoisotopic (exact) mass is 244 g/mol. The molecule has 1 unspecified atom stereocenters. The number of nitrogens with two attached hydrogens (primary N) is 1. The van der Waals surface area contributed by atoms with Gasteiger partial charge in [-0.15, -0.1) is 0 Å². The maximum atomic E-state index is 6.56. The third-order valence-electron chi connectivity index (χ3n) is 5.12. The second-order valence-electron chi connectivity index (χ2n) is 6.35. The molecular weight excluding hydrogens is 220 g/mol. The Kier molecular flexibility index (Phi) is 2.95. The zero-order valence-corrected chi connectivity index (χ0v) is 11.5. The van der Waals surface area contributed by atoms with Gasteiger partial charge in [-0.2, -0.15) is 0 Å². The highest BCUT2D eigenvalue weighted by molar-refractivity contribution is 5.38. The molecule has 1 atom stereocenters. The molecule has 2 heteroatoms. The molecule has 1 saturated heterocycles. The van der Waals surface area contributed by atoms with Crippen LogP contribution in [0.25, 0.3) is 0 Å². The largest absolute Gasteiger partial charge is 0.323 e. The first kappa shape index (κ1) is 12.2. The summed E-state index contributed by atoms with van der Waals surface area (Å²) in [7, 11) is 0. The number of benzene rings is 1. The fourth-order valence-corrected chi connectivity index (χ4v) is 3.79. The van der Waals surface area contributed by atoms with Crippen LogP contribution >= 0.6 is 0 Å². The maximum absolute atomic E-state index is 6.56. The molecule has 2 aliphatic rings. The molecule has 0 amide bonds. The van der Waals surface area contributed by atoms with Crippen molar-refractivity contribution < 1.29 is 0 Å². The van der Waals surface area contributed by atoms with Crippen molar-refractivity contribution >= 4 is 0 Å². The van der Waals surface area contributed by atoms with E-state index in [1.54, 1.807) is 0 Å². The molecule has 1 aromatic carbocycles. The standard InChI is InChI=1S/C16H24N2/c1-12(2)18-9-7-16(8-10-18)11-13-5-3-4-6-14(13)15(16)17/h3-6,12,15H,7-11,17H2,1-2H3. The van der Waals surface area contributed by atoms with Gasteiger partial charge in [0.25, 0.3) is 0 Å². The Morgan fingerprint density at radius 3 is 2.50 bits per heavy atom. The summed E-state index contributed by atoms with van der Waals surface area (Å²) < 4.78 is 0. The van der Waals surface area contributed by atoms with Gasteiger partial charge in [0.1, 0.15) is 0 Å². The van der Waals surface area contributed by atoms with E-state index in [0.29, 0.717) is 11.5 Å². The maximum Gasteiger partial charge on any atom is 0.0359 e. The van der Waals surface area contributed by atoms with Crippen LogP contribution in [0.5, 0.6) is 0 Å². The molecular formula is C16H24N2. The molecule has 1 aliphatic carbocycles. The number of hydrogen-bond donors (Lipinski definition) is 1. The van der Waals surface area contributed by atoms with E-state index in [0.717, 1.165) is 0 Å². The van der Waals surface area contributed by atoms with Gasteiger partial charge in [-0.1, -0.05) is 24.3 Å². The van der Waals surface area contributed by atoms with Gasteiger partial charge in [-0.3, -0.25) is 0 Å². The number of piperidine rings is 1. The number of hydrogen-bond acceptors (Lipinski definition) is 2. The van der Waals surface area contributed by atoms with E-state index >= 15 is 0 Å². The second-order valence-corrected chi connectivity index (χ2v) is 6.35. The van der Waals surface area contributed by atoms with E-state index in [2.05, 4.69) is 43.0 Å². The quantitative estimate of drug-likeness (QED) is 0.823. The van der Waals surface area contributed by atoms with Crippen molar-refractivity contribution in [3.8, 4) is 0 Å². The summed E-state index contributed by atoms with van der Waals surface area (Å²) in [6.45, 7) is 7.00. The van der Waals surface area contributed by atoms with E-state index in [-0.39, 0.29) is 6.04 Å². The van der Waals surface area contributed by atoms with Crippen molar-refractivity contribution in [3.63, 3.8) is 0 Å². The molecule has 2 N–H and O–H groups in total. The molecule has 98 valence electrons. The lowest BCUT2D eigenvalue weighted by Gasteiger charge is -2.43. The summed E-state index contributed by atoms with van der Waals surface area (Å²) in [5.41, 5.74) is 9.79. The predicted molar refractivity (Wildman–Crippen MR) is 75.5 cm³/mol. The summed E-state index contributed by atoms with van der Waals surface area (Å²) in [6.07, 6.45) is 3.69. The van der Waals surface area contributed by atoms with Gasteiger partial charge in [0.15, 0.2) is 0 Å². The lowest BCUT2D eigenvalue weighted by molar-refractivity contribution is 0.0710. The third-order valence-corrected chi connectivity index (χ3v) is 5.12. The van der Waals surface area contributed by atoms with E-state index in [4.69, 9.17) is 5.73 Å². The molecule has 1 aliphatic heterocycles. The molecule has 18 heavy (non-hydrogen) atoms. The van der Waals surface area contributed by atoms with Crippen molar-refractivity contribution in [3.05, 3.63) is 35.4 Å². The van der Waals surface area contributed by atoms with Crippen LogP contribution in [-0.2, 0) is 6.42 Å². The Balaban J connectivity index is 1.80. The van der Waals surface area contributed by atoms with Crippen LogP contribution in [0.1, 0.15) is 43.9 Å². The van der Waals surface area contributed by atoms with Crippen LogP contribution in [0.4, 0.5) is 0 Å². The summed E-state index contributed by atoms with van der Waals surface area (Å²) in [6, 6.07) is 9.68. The molecule has 3 rings (SSSR count). The lowest BCUT2D eigenvalue weighted by atomic mass is 9.73. The average Bonchev–Trinajstić information content (AvgIpc) is 2.64. The highest BCUT2D eigenvalue weighted by atomic mass is 15.2. The fourth-order valence-electron chi connectivity index (χ4n) is 3.79. The third kappa shape index (κ3) is 1.79. The Morgan fingerprint density at radius 1 is 1.22 bits per heavy atom. The van der Waals surface area contributed by atoms with Crippen LogP contribution in [0.3, 0.4) is 0 Å². The molecule has 0 saturated carbocycles. The van der Waals surface area contributed by atoms with Crippen LogP contribution in [0.15, 0.2) is 24.3 Å². The molecule has 2 nitrogen and oxygen atoms in total. The van der Waals surface area contributed by atoms with Crippen LogP contribution in [0.2, 0.25) is 0 Å². The number of nitrogens with zero attached hydrogens (tertiary/aromatic N) is 1. The van der Waals surface area contributed by atoms with E-state index in [1.807, 2.05) is 0 Å². The minimum Gasteiger partial charge on any atom is -0.323 e. The zero-order valence-electron chi connectivity index (χ0n) is 11.5. The molecule has 1 spiro atoms. The average molecular weight is 244 g/mol. The molecule has 0 radical (unpaired) electrons. The Hall–Kier alpha value is -0.860. The van der Waals surface area contributed by atoms with Crippen molar-refractivity contribution in [2.24, 2.45) is 11.1 Å². The first-order valence-corrected chi connectivity index (χ1v) is 7.20. The van der Waals surface area contributed by atoms with Crippen molar-refractivity contribution in [2.45, 2.75) is 45.2 Å². The normalized spacial score (nSPS) is 26.8. The first-order valence-electron chi connectivity index (χ1n) is 7.20. The van der Waals surface area contributed by atoms with Crippen LogP contribution < -0.4 is 5.73 Å². The molecule has 0 aromatic heterocycles. The van der Waals surface area contributed by atoms with Gasteiger partial charge >= 0.3 is 0 Å². The van der Waals surface area contributed by atoms with Gasteiger partial charge in [0.2, 0.25) is 0 Å². The summed E-state index contributed by atoms with van der Waals surface area (Å²) >= 11 is 0. The Morgan fingerprint density at radius 2 is 1.89 bits per heavy atom. The Bertz CT molecular complexity index is 430. The van der Waals surface area contributed by atoms with E-state index < -0.39 is 0 Å². The minimum atomic E-state index is 0.253. The summed E-state index contributed by atoms with van der Waals surface area (Å²) in [4.78, 5) is 2.58. The van der Waals surface area contributed by atoms with Gasteiger partial charge in [-0.05, 0) is 62.7 Å². The van der Waals surface area contributed by atoms with Crippen LogP contribution in [-0.4, -0.2) is 24.0 Å². The predicted octanol–water partition coefficient (Wildman–Crippen LogP) is 2.73. The van der Waals surface area contributed by atoms with E-state index in [1.165, 1.54) is 43.5 Å². The summed E-state index contributed by atoms with van der Waals surface area (Å²) in [5, 5.41) is 0. The number of rotatable bonds is 1. The molecule has 1 aromatic rings. The highest BCUT2D eigenvalue weighted by Crippen LogP contribution is 2.50. The highest BCUT2D eigenvalue weighted by Gasteiger charge is 2.45. The van der Waals surface area contributed by atoms with E-state index in [9.17, 15) is 0 Å². The van der Waals surface area contributed by atoms with Crippen molar-refractivity contribution in [2.75, 3.05) is 13.1 Å². The summed E-state index contributed by atoms with van der Waals surface area (Å²) in [5.74, 6) is 0.